The monoisotopic (exact) mass is 512 g/mol. The topological polar surface area (TPSA) is 74.6 Å². The van der Waals surface area contributed by atoms with Gasteiger partial charge in [-0.3, -0.25) is 4.79 Å². The molecule has 0 saturated heterocycles. The number of carboxylic acid groups (broad SMARTS) is 1. The Morgan fingerprint density at radius 3 is 2.19 bits per heavy atom. The number of allylic oxidation sites excluding steroid dienone is 5. The molecule has 208 valence electrons. The lowest BCUT2D eigenvalue weighted by atomic mass is 9.85. The number of benzene rings is 1. The van der Waals surface area contributed by atoms with Gasteiger partial charge in [-0.15, -0.1) is 0 Å². The van der Waals surface area contributed by atoms with Crippen molar-refractivity contribution in [2.24, 2.45) is 11.8 Å². The third kappa shape index (κ3) is 17.6. The molecule has 2 unspecified atom stereocenters. The predicted octanol–water partition coefficient (Wildman–Crippen LogP) is 8.50. The first-order chi connectivity index (χ1) is 17.5. The smallest absolute Gasteiger partial charge is 0.306 e. The van der Waals surface area contributed by atoms with Crippen LogP contribution in [0.25, 0.3) is 0 Å². The highest BCUT2D eigenvalue weighted by Gasteiger charge is 2.17. The summed E-state index contributed by atoms with van der Waals surface area (Å²) in [5.41, 5.74) is 6.84. The molecule has 0 aliphatic heterocycles. The Labute approximate surface area is 226 Å². The van der Waals surface area contributed by atoms with E-state index in [0.717, 1.165) is 50.4 Å². The summed E-state index contributed by atoms with van der Waals surface area (Å²) in [5.74, 6) is -0.281. The highest BCUT2D eigenvalue weighted by molar-refractivity contribution is 5.70. The minimum atomic E-state index is -0.702. The molecular formula is C33H52O4. The van der Waals surface area contributed by atoms with Crippen LogP contribution in [0.1, 0.15) is 105 Å². The van der Waals surface area contributed by atoms with Crippen molar-refractivity contribution in [3.63, 3.8) is 0 Å². The maximum absolute atomic E-state index is 10.7. The van der Waals surface area contributed by atoms with Crippen LogP contribution in [0, 0.1) is 11.8 Å². The molecule has 0 aromatic heterocycles. The van der Waals surface area contributed by atoms with Gasteiger partial charge in [0.1, 0.15) is 6.29 Å². The first-order valence-electron chi connectivity index (χ1n) is 13.9. The molecule has 0 radical (unpaired) electrons. The van der Waals surface area contributed by atoms with E-state index < -0.39 is 5.97 Å². The standard InChI is InChI=1S/C12H20O.C11H14O2.C10H18O/c1-11(2)7-6-9-12(3)8-4-5-10-13;1-2-10(11(12)13)8-9-6-4-3-5-7-9;1-7(2)10-5-4-9(11)6-8(10)3/h7-8,10H,4-6,9H2,1-3H3;3-7,10H,2,8H2,1H3,(H,12,13);7,9,11H,4-6H2,1-3H3. The van der Waals surface area contributed by atoms with E-state index in [9.17, 15) is 14.7 Å². The van der Waals surface area contributed by atoms with Crippen molar-refractivity contribution in [2.45, 2.75) is 112 Å². The molecule has 1 aromatic rings. The predicted molar refractivity (Wildman–Crippen MR) is 157 cm³/mol. The third-order valence-electron chi connectivity index (χ3n) is 6.57. The minimum Gasteiger partial charge on any atom is -0.481 e. The first kappa shape index (κ1) is 34.5. The van der Waals surface area contributed by atoms with E-state index in [2.05, 4.69) is 53.7 Å². The normalized spacial score (nSPS) is 16.1. The van der Waals surface area contributed by atoms with Crippen LogP contribution in [0.3, 0.4) is 0 Å². The van der Waals surface area contributed by atoms with Crippen molar-refractivity contribution in [3.8, 4) is 0 Å². The molecule has 0 heterocycles. The molecule has 2 N–H and O–H groups in total. The van der Waals surface area contributed by atoms with Crippen LogP contribution in [0.5, 0.6) is 0 Å². The number of aldehydes is 1. The molecule has 0 amide bonds. The Bertz CT molecular complexity index is 858. The third-order valence-corrected chi connectivity index (χ3v) is 6.57. The number of carbonyl (C=O) groups excluding carboxylic acids is 1. The van der Waals surface area contributed by atoms with Gasteiger partial charge in [-0.05, 0) is 90.5 Å². The number of carbonyl (C=O) groups is 2. The average molecular weight is 513 g/mol. The zero-order chi connectivity index (χ0) is 28.2. The van der Waals surface area contributed by atoms with Gasteiger partial charge in [0.2, 0.25) is 0 Å². The first-order valence-corrected chi connectivity index (χ1v) is 13.9. The molecule has 37 heavy (non-hydrogen) atoms. The summed E-state index contributed by atoms with van der Waals surface area (Å²) >= 11 is 0. The quantitative estimate of drug-likeness (QED) is 0.177. The van der Waals surface area contributed by atoms with Crippen LogP contribution < -0.4 is 0 Å². The van der Waals surface area contributed by atoms with Crippen LogP contribution in [0.2, 0.25) is 0 Å². The number of aliphatic carboxylic acids is 1. The van der Waals surface area contributed by atoms with Crippen molar-refractivity contribution >= 4 is 12.3 Å². The molecule has 1 aromatic carbocycles. The zero-order valence-electron chi connectivity index (χ0n) is 24.4. The van der Waals surface area contributed by atoms with E-state index in [1.54, 1.807) is 5.57 Å². The fourth-order valence-corrected chi connectivity index (χ4v) is 4.30. The van der Waals surface area contributed by atoms with E-state index in [1.807, 2.05) is 37.3 Å². The molecule has 4 heteroatoms. The summed E-state index contributed by atoms with van der Waals surface area (Å²) < 4.78 is 0. The highest BCUT2D eigenvalue weighted by Crippen LogP contribution is 2.29. The lowest BCUT2D eigenvalue weighted by Crippen LogP contribution is -2.15. The van der Waals surface area contributed by atoms with Crippen molar-refractivity contribution in [1.29, 1.82) is 0 Å². The average Bonchev–Trinajstić information content (AvgIpc) is 2.83. The van der Waals surface area contributed by atoms with E-state index in [0.29, 0.717) is 25.2 Å². The molecule has 1 aliphatic rings. The van der Waals surface area contributed by atoms with Gasteiger partial charge < -0.3 is 15.0 Å². The summed E-state index contributed by atoms with van der Waals surface area (Å²) in [6, 6.07) is 9.73. The summed E-state index contributed by atoms with van der Waals surface area (Å²) in [7, 11) is 0. The van der Waals surface area contributed by atoms with Gasteiger partial charge in [0.15, 0.2) is 0 Å². The maximum atomic E-state index is 10.7. The van der Waals surface area contributed by atoms with E-state index in [-0.39, 0.29) is 12.0 Å². The summed E-state index contributed by atoms with van der Waals surface area (Å²) in [6.07, 6.45) is 13.4. The van der Waals surface area contributed by atoms with Crippen molar-refractivity contribution < 1.29 is 19.8 Å². The van der Waals surface area contributed by atoms with Crippen LogP contribution in [0.4, 0.5) is 0 Å². The van der Waals surface area contributed by atoms with E-state index in [1.165, 1.54) is 16.7 Å². The Hall–Kier alpha value is -2.46. The van der Waals surface area contributed by atoms with Crippen LogP contribution in [0.15, 0.2) is 64.8 Å². The number of unbranched alkanes of at least 4 members (excludes halogenated alkanes) is 1. The van der Waals surface area contributed by atoms with Crippen LogP contribution >= 0.6 is 0 Å². The van der Waals surface area contributed by atoms with Gasteiger partial charge in [-0.1, -0.05) is 85.5 Å². The summed E-state index contributed by atoms with van der Waals surface area (Å²) in [5, 5.41) is 18.2. The van der Waals surface area contributed by atoms with Crippen LogP contribution in [-0.4, -0.2) is 28.6 Å². The molecule has 0 spiro atoms. The second-order valence-corrected chi connectivity index (χ2v) is 10.6. The SMILES string of the molecule is CC(C)=CCCC(C)=CCCC=O.CC1=C(C(C)C)CCC(O)C1.CCC(Cc1ccccc1)C(=O)O. The number of aliphatic hydroxyl groups excluding tert-OH is 1. The Morgan fingerprint density at radius 2 is 1.70 bits per heavy atom. The highest BCUT2D eigenvalue weighted by atomic mass is 16.4. The van der Waals surface area contributed by atoms with Gasteiger partial charge in [0.25, 0.3) is 0 Å². The Balaban J connectivity index is 0.000000527. The van der Waals surface area contributed by atoms with Crippen molar-refractivity contribution in [1.82, 2.24) is 0 Å². The fraction of sp³-hybridized carbons (Fsp3) is 0.576. The number of carboxylic acids is 1. The number of aliphatic hydroxyl groups is 1. The zero-order valence-corrected chi connectivity index (χ0v) is 24.4. The maximum Gasteiger partial charge on any atom is 0.306 e. The molecule has 0 fully saturated rings. The lowest BCUT2D eigenvalue weighted by molar-refractivity contribution is -0.141. The second kappa shape index (κ2) is 20.6. The van der Waals surface area contributed by atoms with E-state index in [4.69, 9.17) is 5.11 Å². The number of hydrogen-bond acceptors (Lipinski definition) is 3. The lowest BCUT2D eigenvalue weighted by Gasteiger charge is -2.24. The van der Waals surface area contributed by atoms with Crippen LogP contribution in [-0.2, 0) is 16.0 Å². The summed E-state index contributed by atoms with van der Waals surface area (Å²) in [4.78, 5) is 20.8. The van der Waals surface area contributed by atoms with Crippen molar-refractivity contribution in [2.75, 3.05) is 0 Å². The molecule has 4 nitrogen and oxygen atoms in total. The van der Waals surface area contributed by atoms with Gasteiger partial charge >= 0.3 is 5.97 Å². The van der Waals surface area contributed by atoms with Gasteiger partial charge in [0, 0.05) is 6.42 Å². The largest absolute Gasteiger partial charge is 0.481 e. The number of rotatable bonds is 11. The summed E-state index contributed by atoms with van der Waals surface area (Å²) in [6.45, 7) is 14.9. The second-order valence-electron chi connectivity index (χ2n) is 10.6. The molecule has 1 aliphatic carbocycles. The molecule has 0 saturated carbocycles. The fourth-order valence-electron chi connectivity index (χ4n) is 4.30. The molecule has 2 rings (SSSR count). The molecule has 2 atom stereocenters. The Kier molecular flexibility index (Phi) is 19.2. The van der Waals surface area contributed by atoms with Gasteiger partial charge in [-0.25, -0.2) is 0 Å². The minimum absolute atomic E-state index is 0.0718. The molecular weight excluding hydrogens is 460 g/mol. The van der Waals surface area contributed by atoms with Gasteiger partial charge in [-0.2, -0.15) is 0 Å². The Morgan fingerprint density at radius 1 is 1.05 bits per heavy atom. The van der Waals surface area contributed by atoms with Crippen molar-refractivity contribution in [3.05, 3.63) is 70.3 Å². The van der Waals surface area contributed by atoms with Gasteiger partial charge in [0.05, 0.1) is 12.0 Å². The van der Waals surface area contributed by atoms with E-state index >= 15 is 0 Å². The number of hydrogen-bond donors (Lipinski definition) is 2. The molecule has 0 bridgehead atoms.